The summed E-state index contributed by atoms with van der Waals surface area (Å²) in [6.45, 7) is 0.281. The van der Waals surface area contributed by atoms with E-state index >= 15 is 0 Å². The summed E-state index contributed by atoms with van der Waals surface area (Å²) in [5.74, 6) is -1.53. The van der Waals surface area contributed by atoms with Crippen LogP contribution in [0.25, 0.3) is 10.9 Å². The zero-order valence-corrected chi connectivity index (χ0v) is 14.8. The lowest BCUT2D eigenvalue weighted by Crippen LogP contribution is -2.43. The number of H-pyrrole nitrogens is 1. The highest BCUT2D eigenvalue weighted by molar-refractivity contribution is 5.81. The zero-order chi connectivity index (χ0) is 19.4. The summed E-state index contributed by atoms with van der Waals surface area (Å²) in [7, 11) is 0. The molecule has 1 aromatic heterocycles. The van der Waals surface area contributed by atoms with Crippen molar-refractivity contribution >= 4 is 28.7 Å². The van der Waals surface area contributed by atoms with Gasteiger partial charge in [-0.2, -0.15) is 0 Å². The first kappa shape index (κ1) is 18.9. The number of benzene rings is 1. The Bertz CT molecular complexity index is 879. The summed E-state index contributed by atoms with van der Waals surface area (Å²) in [6, 6.07) is 6.22. The first-order valence-electron chi connectivity index (χ1n) is 8.92. The first-order chi connectivity index (χ1) is 12.8. The van der Waals surface area contributed by atoms with Crippen LogP contribution in [0.15, 0.2) is 24.3 Å². The Morgan fingerprint density at radius 2 is 2.00 bits per heavy atom. The van der Waals surface area contributed by atoms with E-state index in [4.69, 9.17) is 5.11 Å². The Labute approximate surface area is 155 Å². The third kappa shape index (κ3) is 4.84. The molecule has 0 spiro atoms. The average Bonchev–Trinajstić information content (AvgIpc) is 3.19. The third-order valence-corrected chi connectivity index (χ3v) is 5.00. The highest BCUT2D eigenvalue weighted by Crippen LogP contribution is 2.30. The number of nitrogens with one attached hydrogen (secondary N) is 3. The molecule has 1 aliphatic heterocycles. The third-order valence-electron chi connectivity index (χ3n) is 5.00. The van der Waals surface area contributed by atoms with E-state index in [2.05, 4.69) is 15.6 Å². The van der Waals surface area contributed by atoms with Crippen LogP contribution in [-0.2, 0) is 20.9 Å². The van der Waals surface area contributed by atoms with Gasteiger partial charge in [0.05, 0.1) is 6.54 Å². The number of carbonyl (C=O) groups is 3. The van der Waals surface area contributed by atoms with Gasteiger partial charge in [0, 0.05) is 41.4 Å². The van der Waals surface area contributed by atoms with Gasteiger partial charge in [0.25, 0.3) is 0 Å². The lowest BCUT2D eigenvalue weighted by atomic mass is 9.86. The van der Waals surface area contributed by atoms with Crippen molar-refractivity contribution < 1.29 is 23.9 Å². The van der Waals surface area contributed by atoms with Crippen molar-refractivity contribution in [2.75, 3.05) is 0 Å². The number of carboxylic acids is 1. The monoisotopic (exact) mass is 375 g/mol. The van der Waals surface area contributed by atoms with Crippen molar-refractivity contribution in [3.05, 3.63) is 35.8 Å². The van der Waals surface area contributed by atoms with Gasteiger partial charge in [-0.05, 0) is 43.5 Å². The summed E-state index contributed by atoms with van der Waals surface area (Å²) >= 11 is 0. The molecule has 7 nitrogen and oxygen atoms in total. The second-order valence-electron chi connectivity index (χ2n) is 7.03. The average molecular weight is 375 g/mol. The molecule has 4 N–H and O–H groups in total. The molecule has 0 radical (unpaired) electrons. The Morgan fingerprint density at radius 1 is 1.22 bits per heavy atom. The van der Waals surface area contributed by atoms with Gasteiger partial charge < -0.3 is 20.7 Å². The minimum absolute atomic E-state index is 0.0481. The van der Waals surface area contributed by atoms with Crippen LogP contribution in [0.3, 0.4) is 0 Å². The number of aromatic nitrogens is 1. The maximum absolute atomic E-state index is 13.2. The number of aromatic amines is 1. The second kappa shape index (κ2) is 7.77. The van der Waals surface area contributed by atoms with E-state index in [1.807, 2.05) is 0 Å². The molecule has 2 amide bonds. The van der Waals surface area contributed by atoms with Crippen LogP contribution < -0.4 is 10.6 Å². The molecule has 1 fully saturated rings. The quantitative estimate of drug-likeness (QED) is 0.567. The molecule has 3 rings (SSSR count). The molecular weight excluding hydrogens is 353 g/mol. The van der Waals surface area contributed by atoms with E-state index < -0.39 is 11.5 Å². The maximum atomic E-state index is 13.2. The molecular formula is C19H22FN3O4. The van der Waals surface area contributed by atoms with Crippen LogP contribution in [0.4, 0.5) is 4.39 Å². The molecule has 2 heterocycles. The SMILES string of the molecule is O=C(O)CCC1(CCC(=O)NCc2cc3cc(F)ccc3[nH]2)CCC(=O)N1. The molecule has 27 heavy (non-hydrogen) atoms. The van der Waals surface area contributed by atoms with Gasteiger partial charge in [-0.1, -0.05) is 0 Å². The molecule has 0 saturated carbocycles. The van der Waals surface area contributed by atoms with E-state index in [0.717, 1.165) is 16.6 Å². The smallest absolute Gasteiger partial charge is 0.303 e. The van der Waals surface area contributed by atoms with Crippen LogP contribution in [0, 0.1) is 5.82 Å². The normalized spacial score (nSPS) is 19.2. The van der Waals surface area contributed by atoms with Crippen molar-refractivity contribution in [2.45, 2.75) is 50.6 Å². The number of halogens is 1. The molecule has 144 valence electrons. The largest absolute Gasteiger partial charge is 0.481 e. The highest BCUT2D eigenvalue weighted by atomic mass is 19.1. The standard InChI is InChI=1S/C19H22FN3O4/c20-13-1-2-15-12(9-13)10-14(22-15)11-21-16(24)3-6-19(8-5-18(26)27)7-4-17(25)23-19/h1-2,9-10,22H,3-8,11H2,(H,21,24)(H,23,25)(H,26,27). The number of hydrogen-bond acceptors (Lipinski definition) is 3. The van der Waals surface area contributed by atoms with Crippen LogP contribution in [0.2, 0.25) is 0 Å². The molecule has 1 unspecified atom stereocenters. The molecule has 1 saturated heterocycles. The van der Waals surface area contributed by atoms with Crippen molar-refractivity contribution in [3.8, 4) is 0 Å². The van der Waals surface area contributed by atoms with Crippen LogP contribution in [0.5, 0.6) is 0 Å². The zero-order valence-electron chi connectivity index (χ0n) is 14.8. The van der Waals surface area contributed by atoms with Gasteiger partial charge in [-0.15, -0.1) is 0 Å². The van der Waals surface area contributed by atoms with Gasteiger partial charge in [0.2, 0.25) is 11.8 Å². The Balaban J connectivity index is 1.53. The Hall–Kier alpha value is -2.90. The van der Waals surface area contributed by atoms with Crippen LogP contribution in [0.1, 0.15) is 44.2 Å². The summed E-state index contributed by atoms with van der Waals surface area (Å²) in [5, 5.41) is 15.3. The fourth-order valence-corrected chi connectivity index (χ4v) is 3.51. The van der Waals surface area contributed by atoms with Gasteiger partial charge >= 0.3 is 5.97 Å². The molecule has 1 aromatic carbocycles. The molecule has 0 bridgehead atoms. The van der Waals surface area contributed by atoms with E-state index in [-0.39, 0.29) is 37.0 Å². The van der Waals surface area contributed by atoms with E-state index in [1.54, 1.807) is 12.1 Å². The fourth-order valence-electron chi connectivity index (χ4n) is 3.51. The number of carbonyl (C=O) groups excluding carboxylic acids is 2. The van der Waals surface area contributed by atoms with Gasteiger partial charge in [-0.3, -0.25) is 14.4 Å². The minimum atomic E-state index is -0.921. The first-order valence-corrected chi connectivity index (χ1v) is 8.92. The van der Waals surface area contributed by atoms with E-state index in [0.29, 0.717) is 25.7 Å². The van der Waals surface area contributed by atoms with Gasteiger partial charge in [-0.25, -0.2) is 4.39 Å². The Kier molecular flexibility index (Phi) is 5.43. The van der Waals surface area contributed by atoms with Crippen molar-refractivity contribution in [1.29, 1.82) is 0 Å². The number of hydrogen-bond donors (Lipinski definition) is 4. The van der Waals surface area contributed by atoms with Crippen LogP contribution >= 0.6 is 0 Å². The number of carboxylic acid groups (broad SMARTS) is 1. The number of rotatable bonds is 8. The lowest BCUT2D eigenvalue weighted by molar-refractivity contribution is -0.137. The second-order valence-corrected chi connectivity index (χ2v) is 7.03. The molecule has 1 aliphatic rings. The molecule has 1 atom stereocenters. The Morgan fingerprint density at radius 3 is 2.70 bits per heavy atom. The molecule has 0 aliphatic carbocycles. The highest BCUT2D eigenvalue weighted by Gasteiger charge is 2.37. The van der Waals surface area contributed by atoms with Gasteiger partial charge in [0.15, 0.2) is 0 Å². The number of amides is 2. The fraction of sp³-hybridized carbons (Fsp3) is 0.421. The maximum Gasteiger partial charge on any atom is 0.303 e. The summed E-state index contributed by atoms with van der Waals surface area (Å²) in [5.41, 5.74) is 0.937. The summed E-state index contributed by atoms with van der Waals surface area (Å²) < 4.78 is 13.2. The predicted molar refractivity (Wildman–Crippen MR) is 96.3 cm³/mol. The summed E-state index contributed by atoms with van der Waals surface area (Å²) in [6.07, 6.45) is 1.75. The van der Waals surface area contributed by atoms with Crippen LogP contribution in [-0.4, -0.2) is 33.4 Å². The molecule has 2 aromatic rings. The van der Waals surface area contributed by atoms with Gasteiger partial charge in [0.1, 0.15) is 5.82 Å². The van der Waals surface area contributed by atoms with Crippen molar-refractivity contribution in [1.82, 2.24) is 15.6 Å². The number of fused-ring (bicyclic) bond motifs is 1. The predicted octanol–water partition coefficient (Wildman–Crippen LogP) is 2.22. The molecule has 8 heteroatoms. The lowest BCUT2D eigenvalue weighted by Gasteiger charge is -2.28. The van der Waals surface area contributed by atoms with E-state index in [9.17, 15) is 18.8 Å². The van der Waals surface area contributed by atoms with Crippen molar-refractivity contribution in [3.63, 3.8) is 0 Å². The minimum Gasteiger partial charge on any atom is -0.481 e. The van der Waals surface area contributed by atoms with Crippen molar-refractivity contribution in [2.24, 2.45) is 0 Å². The van der Waals surface area contributed by atoms with E-state index in [1.165, 1.54) is 12.1 Å². The number of aliphatic carboxylic acids is 1. The summed E-state index contributed by atoms with van der Waals surface area (Å²) in [4.78, 5) is 37.7. The topological polar surface area (TPSA) is 111 Å².